The summed E-state index contributed by atoms with van der Waals surface area (Å²) >= 11 is 1.14. The van der Waals surface area contributed by atoms with E-state index in [4.69, 9.17) is 0 Å². The molecule has 0 aliphatic carbocycles. The average molecular weight is 367 g/mol. The molecule has 2 aromatic rings. The van der Waals surface area contributed by atoms with Gasteiger partial charge in [-0.15, -0.1) is 11.3 Å². The van der Waals surface area contributed by atoms with E-state index in [-0.39, 0.29) is 22.6 Å². The van der Waals surface area contributed by atoms with E-state index in [0.29, 0.717) is 6.54 Å². The number of carbonyl (C=O) groups is 1. The molecule has 0 saturated carbocycles. The van der Waals surface area contributed by atoms with Crippen LogP contribution in [0.15, 0.2) is 52.1 Å². The Hall–Kier alpha value is -1.70. The van der Waals surface area contributed by atoms with Crippen LogP contribution >= 0.6 is 11.3 Å². The van der Waals surface area contributed by atoms with Gasteiger partial charge in [-0.05, 0) is 23.4 Å². The van der Waals surface area contributed by atoms with Crippen molar-refractivity contribution in [3.63, 3.8) is 0 Å². The van der Waals surface area contributed by atoms with E-state index in [1.165, 1.54) is 18.7 Å². The first kappa shape index (κ1) is 18.6. The lowest BCUT2D eigenvalue weighted by atomic mass is 9.96. The molecule has 7 heteroatoms. The number of amides is 1. The third-order valence-corrected chi connectivity index (χ3v) is 7.01. The van der Waals surface area contributed by atoms with Crippen LogP contribution in [0.1, 0.15) is 24.8 Å². The monoisotopic (exact) mass is 366 g/mol. The topological polar surface area (TPSA) is 66.5 Å². The number of benzene rings is 1. The zero-order valence-corrected chi connectivity index (χ0v) is 15.4. The molecule has 1 N–H and O–H groups in total. The summed E-state index contributed by atoms with van der Waals surface area (Å²) in [7, 11) is -2.18. The normalized spacial score (nSPS) is 13.0. The van der Waals surface area contributed by atoms with Gasteiger partial charge in [0.25, 0.3) is 10.0 Å². The van der Waals surface area contributed by atoms with Crippen molar-refractivity contribution >= 4 is 27.3 Å². The third kappa shape index (κ3) is 4.66. The third-order valence-electron chi connectivity index (χ3n) is 3.84. The van der Waals surface area contributed by atoms with Crippen LogP contribution in [0.2, 0.25) is 0 Å². The molecule has 1 atom stereocenters. The van der Waals surface area contributed by atoms with Gasteiger partial charge in [-0.3, -0.25) is 4.79 Å². The second-order valence-electron chi connectivity index (χ2n) is 5.51. The van der Waals surface area contributed by atoms with Crippen LogP contribution in [0.4, 0.5) is 0 Å². The fraction of sp³-hybridized carbons (Fsp3) is 0.353. The van der Waals surface area contributed by atoms with Gasteiger partial charge >= 0.3 is 0 Å². The molecule has 0 aliphatic rings. The fourth-order valence-electron chi connectivity index (χ4n) is 2.37. The quantitative estimate of drug-likeness (QED) is 0.781. The summed E-state index contributed by atoms with van der Waals surface area (Å²) in [4.78, 5) is 12.1. The van der Waals surface area contributed by atoms with Crippen molar-refractivity contribution in [3.05, 3.63) is 53.4 Å². The summed E-state index contributed by atoms with van der Waals surface area (Å²) in [6, 6.07) is 13.2. The highest BCUT2D eigenvalue weighted by Gasteiger charge is 2.24. The predicted octanol–water partition coefficient (Wildman–Crippen LogP) is 2.68. The van der Waals surface area contributed by atoms with E-state index >= 15 is 0 Å². The Morgan fingerprint density at radius 1 is 1.21 bits per heavy atom. The van der Waals surface area contributed by atoms with Crippen LogP contribution in [-0.2, 0) is 14.8 Å². The van der Waals surface area contributed by atoms with Crippen molar-refractivity contribution in [2.45, 2.75) is 23.5 Å². The Morgan fingerprint density at radius 3 is 2.50 bits per heavy atom. The fourth-order valence-corrected chi connectivity index (χ4v) is 4.70. The van der Waals surface area contributed by atoms with Gasteiger partial charge in [-0.1, -0.05) is 43.3 Å². The number of nitrogens with zero attached hydrogens (tertiary/aromatic N) is 1. The van der Waals surface area contributed by atoms with Crippen molar-refractivity contribution < 1.29 is 13.2 Å². The first-order valence-electron chi connectivity index (χ1n) is 7.76. The van der Waals surface area contributed by atoms with Crippen LogP contribution in [-0.4, -0.2) is 38.8 Å². The van der Waals surface area contributed by atoms with E-state index in [1.807, 2.05) is 30.3 Å². The maximum atomic E-state index is 12.3. The van der Waals surface area contributed by atoms with E-state index in [9.17, 15) is 13.2 Å². The molecule has 24 heavy (non-hydrogen) atoms. The highest BCUT2D eigenvalue weighted by Crippen LogP contribution is 2.20. The molecule has 1 unspecified atom stereocenters. The molecule has 0 saturated heterocycles. The SMILES string of the molecule is CCC(CNC(=O)CN(C)S(=O)(=O)c1cccs1)c1ccccc1. The number of carbonyl (C=O) groups excluding carboxylic acids is 1. The van der Waals surface area contributed by atoms with Gasteiger partial charge in [0.1, 0.15) is 4.21 Å². The van der Waals surface area contributed by atoms with E-state index < -0.39 is 10.0 Å². The summed E-state index contributed by atoms with van der Waals surface area (Å²) in [5, 5.41) is 4.54. The largest absolute Gasteiger partial charge is 0.354 e. The van der Waals surface area contributed by atoms with Gasteiger partial charge in [0.05, 0.1) is 6.54 Å². The zero-order valence-electron chi connectivity index (χ0n) is 13.8. The number of sulfonamides is 1. The van der Waals surface area contributed by atoms with Gasteiger partial charge in [0.15, 0.2) is 0 Å². The number of thiophene rings is 1. The summed E-state index contributed by atoms with van der Waals surface area (Å²) in [5.74, 6) is -0.0821. The second-order valence-corrected chi connectivity index (χ2v) is 8.73. The Kier molecular flexibility index (Phi) is 6.53. The molecule has 0 radical (unpaired) electrons. The second kappa shape index (κ2) is 8.41. The van der Waals surface area contributed by atoms with Gasteiger partial charge < -0.3 is 5.32 Å². The summed E-state index contributed by atoms with van der Waals surface area (Å²) < 4.78 is 25.9. The summed E-state index contributed by atoms with van der Waals surface area (Å²) in [6.07, 6.45) is 0.896. The molecule has 5 nitrogen and oxygen atoms in total. The van der Waals surface area contributed by atoms with Crippen molar-refractivity contribution in [3.8, 4) is 0 Å². The average Bonchev–Trinajstić information content (AvgIpc) is 3.11. The molecule has 1 amide bonds. The van der Waals surface area contributed by atoms with Crippen LogP contribution < -0.4 is 5.32 Å². The number of hydrogen-bond donors (Lipinski definition) is 1. The summed E-state index contributed by atoms with van der Waals surface area (Å²) in [5.41, 5.74) is 1.17. The van der Waals surface area contributed by atoms with Crippen LogP contribution in [0, 0.1) is 0 Å². The smallest absolute Gasteiger partial charge is 0.252 e. The molecule has 0 bridgehead atoms. The molecule has 2 rings (SSSR count). The van der Waals surface area contributed by atoms with Crippen molar-refractivity contribution in [2.75, 3.05) is 20.1 Å². The lowest BCUT2D eigenvalue weighted by molar-refractivity contribution is -0.121. The van der Waals surface area contributed by atoms with E-state index in [0.717, 1.165) is 22.1 Å². The molecule has 0 aliphatic heterocycles. The van der Waals surface area contributed by atoms with Gasteiger partial charge in [0, 0.05) is 19.5 Å². The lowest BCUT2D eigenvalue weighted by Crippen LogP contribution is -2.39. The zero-order chi connectivity index (χ0) is 17.6. The highest BCUT2D eigenvalue weighted by molar-refractivity contribution is 7.91. The number of hydrogen-bond acceptors (Lipinski definition) is 4. The maximum Gasteiger partial charge on any atom is 0.252 e. The first-order valence-corrected chi connectivity index (χ1v) is 10.1. The van der Waals surface area contributed by atoms with Crippen molar-refractivity contribution in [1.82, 2.24) is 9.62 Å². The molecule has 1 aromatic carbocycles. The molecule has 1 aromatic heterocycles. The first-order chi connectivity index (χ1) is 11.4. The van der Waals surface area contributed by atoms with E-state index in [2.05, 4.69) is 12.2 Å². The lowest BCUT2D eigenvalue weighted by Gasteiger charge is -2.19. The molecule has 0 spiro atoms. The molecule has 0 fully saturated rings. The molecule has 130 valence electrons. The Morgan fingerprint density at radius 2 is 1.92 bits per heavy atom. The van der Waals surface area contributed by atoms with Gasteiger partial charge in [-0.25, -0.2) is 8.42 Å². The minimum atomic E-state index is -3.60. The number of nitrogens with one attached hydrogen (secondary N) is 1. The minimum Gasteiger partial charge on any atom is -0.354 e. The Bertz CT molecular complexity index is 743. The predicted molar refractivity (Wildman–Crippen MR) is 96.6 cm³/mol. The van der Waals surface area contributed by atoms with Crippen molar-refractivity contribution in [2.24, 2.45) is 0 Å². The van der Waals surface area contributed by atoms with Gasteiger partial charge in [-0.2, -0.15) is 4.31 Å². The van der Waals surface area contributed by atoms with Crippen LogP contribution in [0.25, 0.3) is 0 Å². The Labute approximate surface area is 147 Å². The van der Waals surface area contributed by atoms with Crippen LogP contribution in [0.5, 0.6) is 0 Å². The molecular weight excluding hydrogens is 344 g/mol. The highest BCUT2D eigenvalue weighted by atomic mass is 32.2. The maximum absolute atomic E-state index is 12.3. The van der Waals surface area contributed by atoms with Gasteiger partial charge in [0.2, 0.25) is 5.91 Å². The molecule has 1 heterocycles. The number of likely N-dealkylation sites (N-methyl/N-ethyl adjacent to an activating group) is 1. The summed E-state index contributed by atoms with van der Waals surface area (Å²) in [6.45, 7) is 2.37. The number of rotatable bonds is 8. The van der Waals surface area contributed by atoms with E-state index in [1.54, 1.807) is 11.4 Å². The Balaban J connectivity index is 1.91. The standard InChI is InChI=1S/C17H22N2O3S2/c1-3-14(15-8-5-4-6-9-15)12-18-16(20)13-19(2)24(21,22)17-10-7-11-23-17/h4-11,14H,3,12-13H2,1-2H3,(H,18,20). The van der Waals surface area contributed by atoms with Crippen molar-refractivity contribution in [1.29, 1.82) is 0 Å². The minimum absolute atomic E-state index is 0.189. The van der Waals surface area contributed by atoms with Crippen LogP contribution in [0.3, 0.4) is 0 Å². The molecular formula is C17H22N2O3S2.